The topological polar surface area (TPSA) is 107 Å². The molecule has 0 saturated heterocycles. The van der Waals surface area contributed by atoms with Crippen LogP contribution in [0.25, 0.3) is 5.69 Å². The first-order chi connectivity index (χ1) is 14.4. The molecular weight excluding hydrogens is 412 g/mol. The molecular formula is C20H15ClN4O5. The van der Waals surface area contributed by atoms with E-state index < -0.39 is 16.7 Å². The Morgan fingerprint density at radius 2 is 1.93 bits per heavy atom. The summed E-state index contributed by atoms with van der Waals surface area (Å²) in [6.45, 7) is -0.586. The number of amides is 2. The maximum absolute atomic E-state index is 12.7. The number of rotatable bonds is 5. The summed E-state index contributed by atoms with van der Waals surface area (Å²) in [7, 11) is 0. The average Bonchev–Trinajstić information content (AvgIpc) is 3.25. The Kier molecular flexibility index (Phi) is 5.11. The van der Waals surface area contributed by atoms with E-state index >= 15 is 0 Å². The minimum absolute atomic E-state index is 0.178. The number of fused-ring (bicyclic) bond motifs is 1. The molecule has 1 N–H and O–H groups in total. The van der Waals surface area contributed by atoms with Gasteiger partial charge in [-0.15, -0.1) is 0 Å². The molecule has 4 rings (SSSR count). The van der Waals surface area contributed by atoms with Gasteiger partial charge in [-0.3, -0.25) is 24.6 Å². The van der Waals surface area contributed by atoms with Crippen LogP contribution in [0.15, 0.2) is 60.9 Å². The highest BCUT2D eigenvalue weighted by atomic mass is 35.5. The first-order valence-corrected chi connectivity index (χ1v) is 9.24. The molecule has 1 aromatic heterocycles. The first-order valence-electron chi connectivity index (χ1n) is 8.87. The quantitative estimate of drug-likeness (QED) is 0.497. The van der Waals surface area contributed by atoms with E-state index in [0.717, 1.165) is 0 Å². The Labute approximate surface area is 175 Å². The molecule has 0 bridgehead atoms. The number of carbonyl (C=O) groups excluding carboxylic acids is 2. The van der Waals surface area contributed by atoms with Crippen molar-refractivity contribution in [1.29, 1.82) is 0 Å². The predicted molar refractivity (Wildman–Crippen MR) is 110 cm³/mol. The number of nitro groups is 1. The number of non-ortho nitro benzene ring substituents is 1. The fraction of sp³-hybridized carbons (Fsp3) is 0.100. The van der Waals surface area contributed by atoms with Crippen molar-refractivity contribution < 1.29 is 19.2 Å². The zero-order valence-corrected chi connectivity index (χ0v) is 16.2. The molecule has 0 aliphatic carbocycles. The van der Waals surface area contributed by atoms with Crippen molar-refractivity contribution in [2.75, 3.05) is 23.4 Å². The summed E-state index contributed by atoms with van der Waals surface area (Å²) in [5.74, 6) is -0.647. The molecule has 0 fully saturated rings. The second kappa shape index (κ2) is 7.88. The summed E-state index contributed by atoms with van der Waals surface area (Å²) in [4.78, 5) is 36.8. The third kappa shape index (κ3) is 3.83. The average molecular weight is 427 g/mol. The maximum Gasteiger partial charge on any atom is 0.271 e. The fourth-order valence-electron chi connectivity index (χ4n) is 3.13. The van der Waals surface area contributed by atoms with E-state index in [2.05, 4.69) is 5.32 Å². The van der Waals surface area contributed by atoms with Crippen molar-refractivity contribution in [2.45, 2.75) is 0 Å². The molecule has 152 valence electrons. The van der Waals surface area contributed by atoms with E-state index in [1.54, 1.807) is 22.8 Å². The number of nitrogens with one attached hydrogen (secondary N) is 1. The van der Waals surface area contributed by atoms with Crippen molar-refractivity contribution in [3.8, 4) is 11.4 Å². The van der Waals surface area contributed by atoms with Crippen molar-refractivity contribution >= 4 is 40.5 Å². The monoisotopic (exact) mass is 426 g/mol. The van der Waals surface area contributed by atoms with Gasteiger partial charge in [0.05, 0.1) is 22.0 Å². The van der Waals surface area contributed by atoms with Gasteiger partial charge >= 0.3 is 0 Å². The van der Waals surface area contributed by atoms with Crippen LogP contribution in [0.3, 0.4) is 0 Å². The van der Waals surface area contributed by atoms with Crippen molar-refractivity contribution in [3.63, 3.8) is 0 Å². The van der Waals surface area contributed by atoms with Gasteiger partial charge in [0.15, 0.2) is 6.61 Å². The summed E-state index contributed by atoms with van der Waals surface area (Å²) in [6.07, 6.45) is 3.62. The van der Waals surface area contributed by atoms with Gasteiger partial charge in [-0.05, 0) is 36.4 Å². The van der Waals surface area contributed by atoms with E-state index in [0.29, 0.717) is 22.1 Å². The van der Waals surface area contributed by atoms with Gasteiger partial charge in [-0.25, -0.2) is 0 Å². The van der Waals surface area contributed by atoms with Crippen LogP contribution in [-0.2, 0) is 9.59 Å². The molecule has 0 radical (unpaired) electrons. The van der Waals surface area contributed by atoms with Crippen molar-refractivity contribution in [3.05, 3.63) is 76.1 Å². The van der Waals surface area contributed by atoms with Gasteiger partial charge in [0.1, 0.15) is 12.3 Å². The van der Waals surface area contributed by atoms with Gasteiger partial charge < -0.3 is 14.6 Å². The van der Waals surface area contributed by atoms with Crippen LogP contribution < -0.4 is 15.0 Å². The molecule has 0 saturated carbocycles. The highest BCUT2D eigenvalue weighted by Gasteiger charge is 2.29. The third-order valence-electron chi connectivity index (χ3n) is 4.51. The molecule has 0 unspecified atom stereocenters. The number of anilines is 2. The summed E-state index contributed by atoms with van der Waals surface area (Å²) in [6, 6.07) is 12.6. The number of ether oxygens (including phenoxy) is 1. The normalized spacial score (nSPS) is 12.8. The Morgan fingerprint density at radius 1 is 1.17 bits per heavy atom. The minimum Gasteiger partial charge on any atom is -0.482 e. The molecule has 0 spiro atoms. The molecule has 1 aliphatic heterocycles. The van der Waals surface area contributed by atoms with E-state index in [1.165, 1.54) is 23.1 Å². The smallest absolute Gasteiger partial charge is 0.271 e. The summed E-state index contributed by atoms with van der Waals surface area (Å²) >= 11 is 6.09. The Bertz CT molecular complexity index is 1150. The largest absolute Gasteiger partial charge is 0.482 e. The standard InChI is InChI=1S/C20H15ClN4O5/c21-13-3-5-15(16(9-13)23-7-1-2-8-23)22-19(26)11-24-17-10-14(25(28)29)4-6-18(17)30-12-20(24)27/h1-10H,11-12H2,(H,22,26). The van der Waals surface area contributed by atoms with E-state index in [9.17, 15) is 19.7 Å². The Hall–Kier alpha value is -3.85. The van der Waals surface area contributed by atoms with Gasteiger partial charge in [0.25, 0.3) is 11.6 Å². The zero-order chi connectivity index (χ0) is 21.3. The van der Waals surface area contributed by atoms with Crippen LogP contribution in [0.1, 0.15) is 0 Å². The van der Waals surface area contributed by atoms with Crippen LogP contribution in [0.4, 0.5) is 17.1 Å². The lowest BCUT2D eigenvalue weighted by atomic mass is 10.2. The number of hydrogen-bond acceptors (Lipinski definition) is 5. The molecule has 1 aliphatic rings. The summed E-state index contributed by atoms with van der Waals surface area (Å²) < 4.78 is 7.11. The molecule has 2 aromatic carbocycles. The highest BCUT2D eigenvalue weighted by Crippen LogP contribution is 2.35. The lowest BCUT2D eigenvalue weighted by molar-refractivity contribution is -0.384. The Balaban J connectivity index is 1.59. The van der Waals surface area contributed by atoms with Gasteiger partial charge in [0.2, 0.25) is 5.91 Å². The van der Waals surface area contributed by atoms with E-state index in [4.69, 9.17) is 16.3 Å². The zero-order valence-electron chi connectivity index (χ0n) is 15.4. The van der Waals surface area contributed by atoms with Crippen molar-refractivity contribution in [1.82, 2.24) is 4.57 Å². The van der Waals surface area contributed by atoms with Crippen LogP contribution in [0.5, 0.6) is 5.75 Å². The van der Waals surface area contributed by atoms with Gasteiger partial charge in [-0.1, -0.05) is 11.6 Å². The van der Waals surface area contributed by atoms with Crippen LogP contribution in [0.2, 0.25) is 5.02 Å². The summed E-state index contributed by atoms with van der Waals surface area (Å²) in [5.41, 5.74) is 1.13. The van der Waals surface area contributed by atoms with Crippen LogP contribution in [-0.4, -0.2) is 34.5 Å². The number of nitrogens with zero attached hydrogens (tertiary/aromatic N) is 3. The number of nitro benzene ring substituents is 1. The third-order valence-corrected chi connectivity index (χ3v) is 4.75. The van der Waals surface area contributed by atoms with Crippen LogP contribution >= 0.6 is 11.6 Å². The molecule has 0 atom stereocenters. The SMILES string of the molecule is O=C(CN1C(=O)COc2ccc([N+](=O)[O-])cc21)Nc1ccc(Cl)cc1-n1cccc1. The van der Waals surface area contributed by atoms with Crippen LogP contribution in [0, 0.1) is 10.1 Å². The molecule has 2 heterocycles. The van der Waals surface area contributed by atoms with Crippen molar-refractivity contribution in [2.24, 2.45) is 0 Å². The lowest BCUT2D eigenvalue weighted by Crippen LogP contribution is -2.43. The van der Waals surface area contributed by atoms with Gasteiger partial charge in [0, 0.05) is 29.5 Å². The molecule has 10 heteroatoms. The number of carbonyl (C=O) groups is 2. The molecule has 9 nitrogen and oxygen atoms in total. The number of aromatic nitrogens is 1. The number of halogens is 1. The second-order valence-electron chi connectivity index (χ2n) is 6.48. The van der Waals surface area contributed by atoms with E-state index in [1.807, 2.05) is 24.5 Å². The molecule has 30 heavy (non-hydrogen) atoms. The van der Waals surface area contributed by atoms with Gasteiger partial charge in [-0.2, -0.15) is 0 Å². The Morgan fingerprint density at radius 3 is 2.67 bits per heavy atom. The number of hydrogen-bond donors (Lipinski definition) is 1. The molecule has 3 aromatic rings. The number of benzene rings is 2. The first kappa shape index (κ1) is 19.5. The maximum atomic E-state index is 12.7. The fourth-order valence-corrected chi connectivity index (χ4v) is 3.30. The highest BCUT2D eigenvalue weighted by molar-refractivity contribution is 6.31. The predicted octanol–water partition coefficient (Wildman–Crippen LogP) is 3.40. The second-order valence-corrected chi connectivity index (χ2v) is 6.91. The summed E-state index contributed by atoms with van der Waals surface area (Å²) in [5, 5.41) is 14.4. The van der Waals surface area contributed by atoms with E-state index in [-0.39, 0.29) is 24.5 Å². The lowest BCUT2D eigenvalue weighted by Gasteiger charge is -2.28. The molecule has 2 amide bonds. The minimum atomic E-state index is -0.575.